The standard InChI is InChI=1S/C25H27F3N4O3.ClH/c1-16(17-6-8-18(9-7-17)22-30-15-31-35-22)13-24(2,23(29)33)32-11-10-21(14-32)34-20-5-3-4-19(12-20)25(26,27)28;/h3-9,12,15-16,21H,10-11,13-14H2,1-2H3,(H2,29,33);1H/t16?,21-,24?;/m1./s1. The van der Waals surface area contributed by atoms with Crippen molar-refractivity contribution in [3.63, 3.8) is 0 Å². The maximum atomic E-state index is 13.0. The van der Waals surface area contributed by atoms with Crippen LogP contribution in [0, 0.1) is 0 Å². The van der Waals surface area contributed by atoms with Crippen LogP contribution in [0.1, 0.15) is 43.7 Å². The molecule has 11 heteroatoms. The summed E-state index contributed by atoms with van der Waals surface area (Å²) in [5.74, 6) is 0.136. The molecule has 1 aromatic heterocycles. The first-order chi connectivity index (χ1) is 16.6. The van der Waals surface area contributed by atoms with Crippen LogP contribution in [0.3, 0.4) is 0 Å². The number of benzene rings is 2. The summed E-state index contributed by atoms with van der Waals surface area (Å²) < 4.78 is 50.0. The molecule has 0 aliphatic carbocycles. The first kappa shape index (κ1) is 27.5. The number of carbonyl (C=O) groups excluding carboxylic acids is 1. The number of hydrogen-bond donors (Lipinski definition) is 1. The van der Waals surface area contributed by atoms with Crippen LogP contribution in [0.25, 0.3) is 11.5 Å². The van der Waals surface area contributed by atoms with Crippen LogP contribution in [0.5, 0.6) is 5.75 Å². The molecule has 2 N–H and O–H groups in total. The van der Waals surface area contributed by atoms with Crippen LogP contribution in [0.4, 0.5) is 13.2 Å². The number of ether oxygens (including phenoxy) is 1. The predicted molar refractivity (Wildman–Crippen MR) is 130 cm³/mol. The lowest BCUT2D eigenvalue weighted by Crippen LogP contribution is -2.55. The molecule has 1 saturated heterocycles. The van der Waals surface area contributed by atoms with Gasteiger partial charge in [0.25, 0.3) is 5.89 Å². The molecule has 0 saturated carbocycles. The van der Waals surface area contributed by atoms with Crippen molar-refractivity contribution < 1.29 is 27.2 Å². The van der Waals surface area contributed by atoms with Crippen LogP contribution in [-0.4, -0.2) is 45.7 Å². The molecule has 7 nitrogen and oxygen atoms in total. The lowest BCUT2D eigenvalue weighted by Gasteiger charge is -2.38. The summed E-state index contributed by atoms with van der Waals surface area (Å²) in [6, 6.07) is 12.5. The van der Waals surface area contributed by atoms with Gasteiger partial charge in [-0.15, -0.1) is 12.4 Å². The predicted octanol–water partition coefficient (Wildman–Crippen LogP) is 5.07. The van der Waals surface area contributed by atoms with Gasteiger partial charge in [0.2, 0.25) is 5.91 Å². The number of aromatic nitrogens is 2. The SMILES string of the molecule is CC(CC(C)(C(N)=O)N1CC[C@@H](Oc2cccc(C(F)(F)F)c2)C1)c1ccc(-c2ncno2)cc1.Cl. The zero-order valence-electron chi connectivity index (χ0n) is 19.9. The number of nitrogens with two attached hydrogens (primary N) is 1. The van der Waals surface area contributed by atoms with E-state index < -0.39 is 23.2 Å². The first-order valence-electron chi connectivity index (χ1n) is 11.3. The van der Waals surface area contributed by atoms with Crippen molar-refractivity contribution in [2.75, 3.05) is 13.1 Å². The zero-order chi connectivity index (χ0) is 25.2. The summed E-state index contributed by atoms with van der Waals surface area (Å²) >= 11 is 0. The van der Waals surface area contributed by atoms with E-state index in [4.69, 9.17) is 15.0 Å². The number of primary amides is 1. The Labute approximate surface area is 213 Å². The Bertz CT molecular complexity index is 1160. The highest BCUT2D eigenvalue weighted by Gasteiger charge is 2.43. The summed E-state index contributed by atoms with van der Waals surface area (Å²) in [5.41, 5.74) is 5.97. The summed E-state index contributed by atoms with van der Waals surface area (Å²) in [7, 11) is 0. The minimum Gasteiger partial charge on any atom is -0.489 e. The summed E-state index contributed by atoms with van der Waals surface area (Å²) in [6.07, 6.45) is -2.40. The second kappa shape index (κ2) is 10.9. The molecule has 0 bridgehead atoms. The Balaban J connectivity index is 0.00000361. The van der Waals surface area contributed by atoms with Crippen LogP contribution in [-0.2, 0) is 11.0 Å². The average molecular weight is 525 g/mol. The third-order valence-electron chi connectivity index (χ3n) is 6.63. The second-order valence-electron chi connectivity index (χ2n) is 9.11. The molecule has 1 aliphatic rings. The first-order valence-corrected chi connectivity index (χ1v) is 11.3. The number of nitrogens with zero attached hydrogens (tertiary/aromatic N) is 3. The van der Waals surface area contributed by atoms with E-state index in [1.54, 1.807) is 0 Å². The van der Waals surface area contributed by atoms with E-state index in [0.717, 1.165) is 23.3 Å². The molecule has 2 unspecified atom stereocenters. The fourth-order valence-corrected chi connectivity index (χ4v) is 4.56. The Morgan fingerprint density at radius 3 is 2.58 bits per heavy atom. The second-order valence-corrected chi connectivity index (χ2v) is 9.11. The van der Waals surface area contributed by atoms with Gasteiger partial charge < -0.3 is 15.0 Å². The highest BCUT2D eigenvalue weighted by atomic mass is 35.5. The van der Waals surface area contributed by atoms with Gasteiger partial charge in [-0.05, 0) is 61.6 Å². The van der Waals surface area contributed by atoms with Crippen molar-refractivity contribution in [2.24, 2.45) is 5.73 Å². The zero-order valence-corrected chi connectivity index (χ0v) is 20.7. The van der Waals surface area contributed by atoms with Crippen LogP contribution in [0.2, 0.25) is 0 Å². The Morgan fingerprint density at radius 2 is 1.97 bits per heavy atom. The van der Waals surface area contributed by atoms with Gasteiger partial charge in [0, 0.05) is 18.7 Å². The molecule has 3 aromatic rings. The average Bonchev–Trinajstić information content (AvgIpc) is 3.51. The van der Waals surface area contributed by atoms with Crippen molar-refractivity contribution >= 4 is 18.3 Å². The van der Waals surface area contributed by atoms with Crippen molar-refractivity contribution in [3.05, 3.63) is 66.0 Å². The van der Waals surface area contributed by atoms with Crippen molar-refractivity contribution in [2.45, 2.75) is 50.4 Å². The van der Waals surface area contributed by atoms with E-state index in [2.05, 4.69) is 10.1 Å². The van der Waals surface area contributed by atoms with E-state index >= 15 is 0 Å². The number of likely N-dealkylation sites (tertiary alicyclic amines) is 1. The number of alkyl halides is 3. The van der Waals surface area contributed by atoms with Gasteiger partial charge in [-0.1, -0.05) is 30.3 Å². The lowest BCUT2D eigenvalue weighted by molar-refractivity contribution is -0.137. The van der Waals surface area contributed by atoms with E-state index in [1.807, 2.05) is 43.0 Å². The van der Waals surface area contributed by atoms with Gasteiger partial charge >= 0.3 is 6.18 Å². The molecule has 36 heavy (non-hydrogen) atoms. The molecule has 4 rings (SSSR count). The minimum absolute atomic E-state index is 0. The van der Waals surface area contributed by atoms with Gasteiger partial charge in [0.1, 0.15) is 11.9 Å². The molecule has 0 spiro atoms. The number of halogens is 4. The molecular formula is C25H28ClF3N4O3. The number of rotatable bonds is 8. The Morgan fingerprint density at radius 1 is 1.25 bits per heavy atom. The van der Waals surface area contributed by atoms with Gasteiger partial charge in [0.15, 0.2) is 6.33 Å². The third-order valence-corrected chi connectivity index (χ3v) is 6.63. The molecule has 194 valence electrons. The number of hydrogen-bond acceptors (Lipinski definition) is 6. The maximum absolute atomic E-state index is 13.0. The molecule has 3 atom stereocenters. The summed E-state index contributed by atoms with van der Waals surface area (Å²) in [5, 5.41) is 3.61. The van der Waals surface area contributed by atoms with Crippen LogP contribution >= 0.6 is 12.4 Å². The maximum Gasteiger partial charge on any atom is 0.416 e. The van der Waals surface area contributed by atoms with E-state index in [-0.39, 0.29) is 30.2 Å². The van der Waals surface area contributed by atoms with Gasteiger partial charge in [-0.3, -0.25) is 9.69 Å². The fourth-order valence-electron chi connectivity index (χ4n) is 4.56. The quantitative estimate of drug-likeness (QED) is 0.442. The largest absolute Gasteiger partial charge is 0.489 e. The normalized spacial score (nSPS) is 18.8. The van der Waals surface area contributed by atoms with E-state index in [1.165, 1.54) is 18.5 Å². The Kier molecular flexibility index (Phi) is 8.30. The Hall–Kier alpha value is -3.11. The van der Waals surface area contributed by atoms with Gasteiger partial charge in [0.05, 0.1) is 11.1 Å². The highest BCUT2D eigenvalue weighted by molar-refractivity contribution is 5.85. The van der Waals surface area contributed by atoms with Crippen molar-refractivity contribution in [1.29, 1.82) is 0 Å². The molecule has 0 radical (unpaired) electrons. The van der Waals surface area contributed by atoms with Gasteiger partial charge in [-0.2, -0.15) is 18.2 Å². The van der Waals surface area contributed by atoms with Gasteiger partial charge in [-0.25, -0.2) is 0 Å². The number of carbonyl (C=O) groups is 1. The van der Waals surface area contributed by atoms with Crippen molar-refractivity contribution in [1.82, 2.24) is 15.0 Å². The molecule has 1 fully saturated rings. The van der Waals surface area contributed by atoms with Crippen LogP contribution < -0.4 is 10.5 Å². The molecule has 2 aromatic carbocycles. The highest BCUT2D eigenvalue weighted by Crippen LogP contribution is 2.35. The number of amides is 1. The third kappa shape index (κ3) is 5.99. The van der Waals surface area contributed by atoms with Crippen molar-refractivity contribution in [3.8, 4) is 17.2 Å². The molecular weight excluding hydrogens is 497 g/mol. The minimum atomic E-state index is -4.44. The molecule has 1 amide bonds. The lowest BCUT2D eigenvalue weighted by atomic mass is 9.84. The van der Waals surface area contributed by atoms with Crippen LogP contribution in [0.15, 0.2) is 59.4 Å². The monoisotopic (exact) mass is 524 g/mol. The smallest absolute Gasteiger partial charge is 0.416 e. The van der Waals surface area contributed by atoms with E-state index in [0.29, 0.717) is 31.8 Å². The molecule has 1 aliphatic heterocycles. The molecule has 2 heterocycles. The van der Waals surface area contributed by atoms with E-state index in [9.17, 15) is 18.0 Å². The topological polar surface area (TPSA) is 94.5 Å². The summed E-state index contributed by atoms with van der Waals surface area (Å²) in [4.78, 5) is 18.6. The summed E-state index contributed by atoms with van der Waals surface area (Å²) in [6.45, 7) is 4.77. The fraction of sp³-hybridized carbons (Fsp3) is 0.400.